The molecule has 1 saturated carbocycles. The topological polar surface area (TPSA) is 71.1 Å². The van der Waals surface area contributed by atoms with E-state index in [1.54, 1.807) is 23.6 Å². The molecule has 2 aromatic carbocycles. The zero-order valence-electron chi connectivity index (χ0n) is 16.0. The number of anilines is 1. The van der Waals surface area contributed by atoms with Gasteiger partial charge in [-0.15, -0.1) is 11.3 Å². The number of benzene rings is 2. The molecule has 2 amide bonds. The Kier molecular flexibility index (Phi) is 5.59. The van der Waals surface area contributed by atoms with Gasteiger partial charge >= 0.3 is 0 Å². The fourth-order valence-electron chi connectivity index (χ4n) is 3.27. The quantitative estimate of drug-likeness (QED) is 0.597. The van der Waals surface area contributed by atoms with Crippen LogP contribution in [0, 0.1) is 11.6 Å². The minimum Gasteiger partial charge on any atom is -0.355 e. The highest BCUT2D eigenvalue weighted by atomic mass is 32.1. The van der Waals surface area contributed by atoms with Crippen molar-refractivity contribution in [2.24, 2.45) is 0 Å². The van der Waals surface area contributed by atoms with Gasteiger partial charge in [-0.3, -0.25) is 14.9 Å². The molecule has 2 N–H and O–H groups in total. The second-order valence-corrected chi connectivity index (χ2v) is 8.18. The molecule has 1 heterocycles. The number of aromatic nitrogens is 1. The molecule has 3 aromatic rings. The number of carbonyl (C=O) groups is 2. The summed E-state index contributed by atoms with van der Waals surface area (Å²) >= 11 is 1.17. The molecule has 0 unspecified atom stereocenters. The van der Waals surface area contributed by atoms with Gasteiger partial charge in [0.15, 0.2) is 5.13 Å². The lowest BCUT2D eigenvalue weighted by molar-refractivity contribution is -0.120. The van der Waals surface area contributed by atoms with Gasteiger partial charge in [-0.1, -0.05) is 24.3 Å². The standard InChI is InChI=1S/C22H19F2N3O2S/c23-15-7-5-14(6-8-15)22(9-10-22)13-25-19(28)11-16-12-30-21(26-16)27-20(29)17-3-1-2-4-18(17)24/h1-8,12H,9-11,13H2,(H,25,28)(H,26,27,29). The van der Waals surface area contributed by atoms with E-state index in [2.05, 4.69) is 15.6 Å². The Morgan fingerprint density at radius 2 is 1.80 bits per heavy atom. The van der Waals surface area contributed by atoms with E-state index in [1.165, 1.54) is 41.7 Å². The number of nitrogens with one attached hydrogen (secondary N) is 2. The zero-order valence-corrected chi connectivity index (χ0v) is 16.8. The zero-order chi connectivity index (χ0) is 21.1. The van der Waals surface area contributed by atoms with Crippen LogP contribution in [0.2, 0.25) is 0 Å². The summed E-state index contributed by atoms with van der Waals surface area (Å²) in [6.07, 6.45) is 1.97. The average molecular weight is 427 g/mol. The molecule has 1 aromatic heterocycles. The van der Waals surface area contributed by atoms with E-state index in [0.29, 0.717) is 17.4 Å². The van der Waals surface area contributed by atoms with Gasteiger partial charge in [-0.2, -0.15) is 0 Å². The maximum Gasteiger partial charge on any atom is 0.260 e. The first-order valence-electron chi connectivity index (χ1n) is 9.48. The number of hydrogen-bond donors (Lipinski definition) is 2. The number of amides is 2. The molecule has 8 heteroatoms. The summed E-state index contributed by atoms with van der Waals surface area (Å²) in [4.78, 5) is 28.7. The molecule has 0 saturated heterocycles. The van der Waals surface area contributed by atoms with Gasteiger partial charge in [0.1, 0.15) is 11.6 Å². The third-order valence-electron chi connectivity index (χ3n) is 5.17. The van der Waals surface area contributed by atoms with Crippen molar-refractivity contribution in [1.82, 2.24) is 10.3 Å². The monoisotopic (exact) mass is 427 g/mol. The molecular formula is C22H19F2N3O2S. The van der Waals surface area contributed by atoms with Gasteiger partial charge in [-0.25, -0.2) is 13.8 Å². The first kappa shape index (κ1) is 20.2. The minimum atomic E-state index is -0.610. The van der Waals surface area contributed by atoms with Crippen LogP contribution in [-0.2, 0) is 16.6 Å². The largest absolute Gasteiger partial charge is 0.355 e. The third kappa shape index (κ3) is 4.54. The molecule has 30 heavy (non-hydrogen) atoms. The van der Waals surface area contributed by atoms with E-state index in [-0.39, 0.29) is 29.1 Å². The lowest BCUT2D eigenvalue weighted by Crippen LogP contribution is -2.33. The van der Waals surface area contributed by atoms with Crippen molar-refractivity contribution >= 4 is 28.3 Å². The Labute approximate surface area is 176 Å². The van der Waals surface area contributed by atoms with E-state index in [4.69, 9.17) is 0 Å². The van der Waals surface area contributed by atoms with Crippen molar-refractivity contribution in [3.63, 3.8) is 0 Å². The van der Waals surface area contributed by atoms with E-state index in [9.17, 15) is 18.4 Å². The molecule has 1 aliphatic carbocycles. The van der Waals surface area contributed by atoms with Crippen LogP contribution < -0.4 is 10.6 Å². The first-order valence-corrected chi connectivity index (χ1v) is 10.4. The van der Waals surface area contributed by atoms with Crippen LogP contribution in [0.1, 0.15) is 34.5 Å². The maximum atomic E-state index is 13.7. The highest BCUT2D eigenvalue weighted by Gasteiger charge is 2.44. The van der Waals surface area contributed by atoms with Crippen LogP contribution in [0.3, 0.4) is 0 Å². The summed E-state index contributed by atoms with van der Waals surface area (Å²) in [5, 5.41) is 7.46. The smallest absolute Gasteiger partial charge is 0.260 e. The Morgan fingerprint density at radius 1 is 1.07 bits per heavy atom. The van der Waals surface area contributed by atoms with Crippen LogP contribution in [0.5, 0.6) is 0 Å². The lowest BCUT2D eigenvalue weighted by atomic mass is 9.96. The van der Waals surface area contributed by atoms with E-state index < -0.39 is 11.7 Å². The number of halogens is 2. The van der Waals surface area contributed by atoms with E-state index >= 15 is 0 Å². The number of carbonyl (C=O) groups excluding carboxylic acids is 2. The Morgan fingerprint density at radius 3 is 2.50 bits per heavy atom. The van der Waals surface area contributed by atoms with Gasteiger partial charge < -0.3 is 5.32 Å². The summed E-state index contributed by atoms with van der Waals surface area (Å²) in [6, 6.07) is 12.1. The molecule has 1 fully saturated rings. The third-order valence-corrected chi connectivity index (χ3v) is 5.97. The van der Waals surface area contributed by atoms with Crippen molar-refractivity contribution < 1.29 is 18.4 Å². The van der Waals surface area contributed by atoms with Crippen LogP contribution in [0.15, 0.2) is 53.9 Å². The van der Waals surface area contributed by atoms with E-state index in [1.807, 2.05) is 0 Å². The van der Waals surface area contributed by atoms with Crippen molar-refractivity contribution in [3.05, 3.63) is 82.4 Å². The SMILES string of the molecule is O=C(Cc1csc(NC(=O)c2ccccc2F)n1)NCC1(c2ccc(F)cc2)CC1. The number of thiazole rings is 1. The number of hydrogen-bond acceptors (Lipinski definition) is 4. The Hall–Kier alpha value is -3.13. The molecule has 4 rings (SSSR count). The fourth-order valence-corrected chi connectivity index (χ4v) is 3.98. The van der Waals surface area contributed by atoms with Gasteiger partial charge in [-0.05, 0) is 42.7 Å². The summed E-state index contributed by atoms with van der Waals surface area (Å²) in [7, 11) is 0. The summed E-state index contributed by atoms with van der Waals surface area (Å²) in [5.74, 6) is -1.66. The number of nitrogens with zero attached hydrogens (tertiary/aromatic N) is 1. The first-order chi connectivity index (χ1) is 14.4. The molecule has 0 aliphatic heterocycles. The summed E-state index contributed by atoms with van der Waals surface area (Å²) in [5.41, 5.74) is 1.36. The fraction of sp³-hybridized carbons (Fsp3) is 0.227. The van der Waals surface area contributed by atoms with Crippen molar-refractivity contribution in [2.75, 3.05) is 11.9 Å². The molecular weight excluding hydrogens is 408 g/mol. The summed E-state index contributed by atoms with van der Waals surface area (Å²) < 4.78 is 26.8. The van der Waals surface area contributed by atoms with Crippen molar-refractivity contribution in [3.8, 4) is 0 Å². The second-order valence-electron chi connectivity index (χ2n) is 7.32. The van der Waals surface area contributed by atoms with Crippen LogP contribution >= 0.6 is 11.3 Å². The predicted molar refractivity (Wildman–Crippen MR) is 110 cm³/mol. The second kappa shape index (κ2) is 8.31. The Bertz CT molecular complexity index is 1080. The lowest BCUT2D eigenvalue weighted by Gasteiger charge is -2.16. The minimum absolute atomic E-state index is 0.0671. The Balaban J connectivity index is 1.30. The van der Waals surface area contributed by atoms with Crippen LogP contribution in [-0.4, -0.2) is 23.3 Å². The normalized spacial score (nSPS) is 14.2. The van der Waals surface area contributed by atoms with E-state index in [0.717, 1.165) is 18.4 Å². The highest BCUT2D eigenvalue weighted by molar-refractivity contribution is 7.14. The van der Waals surface area contributed by atoms with Gasteiger partial charge in [0.05, 0.1) is 17.7 Å². The average Bonchev–Trinajstić information content (AvgIpc) is 3.40. The molecule has 5 nitrogen and oxygen atoms in total. The van der Waals surface area contributed by atoms with Crippen molar-refractivity contribution in [2.45, 2.75) is 24.7 Å². The highest BCUT2D eigenvalue weighted by Crippen LogP contribution is 2.47. The van der Waals surface area contributed by atoms with Crippen LogP contribution in [0.4, 0.5) is 13.9 Å². The molecule has 0 atom stereocenters. The van der Waals surface area contributed by atoms with Gasteiger partial charge in [0.25, 0.3) is 5.91 Å². The molecule has 0 spiro atoms. The van der Waals surface area contributed by atoms with Crippen molar-refractivity contribution in [1.29, 1.82) is 0 Å². The van der Waals surface area contributed by atoms with Crippen LogP contribution in [0.25, 0.3) is 0 Å². The predicted octanol–water partition coefficient (Wildman–Crippen LogP) is 4.06. The molecule has 154 valence electrons. The van der Waals surface area contributed by atoms with Gasteiger partial charge in [0.2, 0.25) is 5.91 Å². The summed E-state index contributed by atoms with van der Waals surface area (Å²) in [6.45, 7) is 0.485. The van der Waals surface area contributed by atoms with Gasteiger partial charge in [0, 0.05) is 17.3 Å². The number of rotatable bonds is 7. The molecule has 0 bridgehead atoms. The molecule has 1 aliphatic rings. The molecule has 0 radical (unpaired) electrons. The maximum absolute atomic E-state index is 13.7.